The Morgan fingerprint density at radius 2 is 1.90 bits per heavy atom. The Hall–Kier alpha value is -1.71. The normalized spacial score (nSPS) is 12.0. The Labute approximate surface area is 119 Å². The molecular weight excluding hydrogens is 259 g/mol. The first-order chi connectivity index (χ1) is 9.54. The average Bonchev–Trinajstić information content (AvgIpc) is 2.50. The highest BCUT2D eigenvalue weighted by molar-refractivity contribution is 6.11. The van der Waals surface area contributed by atoms with Crippen LogP contribution in [0.5, 0.6) is 0 Å². The van der Waals surface area contributed by atoms with Gasteiger partial charge in [0, 0.05) is 5.56 Å². The zero-order valence-corrected chi connectivity index (χ0v) is 12.2. The third-order valence-electron chi connectivity index (χ3n) is 3.11. The highest BCUT2D eigenvalue weighted by Crippen LogP contribution is 2.17. The van der Waals surface area contributed by atoms with Crippen LogP contribution in [0.25, 0.3) is 0 Å². The summed E-state index contributed by atoms with van der Waals surface area (Å²) in [5.41, 5.74) is 1.98. The number of hydrogen-bond donors (Lipinski definition) is 0. The molecule has 0 saturated heterocycles. The summed E-state index contributed by atoms with van der Waals surface area (Å²) in [5, 5.41) is 0. The second-order valence-corrected chi connectivity index (χ2v) is 4.59. The first-order valence-electron chi connectivity index (χ1n) is 7.01. The van der Waals surface area contributed by atoms with Gasteiger partial charge in [0.25, 0.3) is 6.17 Å². The lowest BCUT2D eigenvalue weighted by Crippen LogP contribution is -2.29. The van der Waals surface area contributed by atoms with E-state index in [2.05, 4.69) is 0 Å². The molecule has 0 heterocycles. The molecular formula is C16H21FO3. The van der Waals surface area contributed by atoms with Gasteiger partial charge in [-0.05, 0) is 36.5 Å². The van der Waals surface area contributed by atoms with E-state index in [0.29, 0.717) is 12.8 Å². The van der Waals surface area contributed by atoms with Gasteiger partial charge in [0.2, 0.25) is 5.78 Å². The minimum atomic E-state index is -2.24. The van der Waals surface area contributed by atoms with Gasteiger partial charge >= 0.3 is 5.97 Å². The van der Waals surface area contributed by atoms with E-state index in [4.69, 9.17) is 4.74 Å². The van der Waals surface area contributed by atoms with Crippen LogP contribution in [0.15, 0.2) is 18.2 Å². The SMILES string of the molecule is CCCOC(=O)C(F)C(=O)c1cc(CC)ccc1CC. The topological polar surface area (TPSA) is 43.4 Å². The van der Waals surface area contributed by atoms with Crippen LogP contribution < -0.4 is 0 Å². The van der Waals surface area contributed by atoms with E-state index in [1.807, 2.05) is 32.9 Å². The molecule has 0 aliphatic carbocycles. The fraction of sp³-hybridized carbons (Fsp3) is 0.500. The molecule has 1 atom stereocenters. The van der Waals surface area contributed by atoms with Crippen molar-refractivity contribution in [3.05, 3.63) is 34.9 Å². The van der Waals surface area contributed by atoms with Gasteiger partial charge in [0.15, 0.2) is 0 Å². The molecule has 110 valence electrons. The van der Waals surface area contributed by atoms with Crippen molar-refractivity contribution in [1.82, 2.24) is 0 Å². The maximum Gasteiger partial charge on any atom is 0.349 e. The number of halogens is 1. The first-order valence-corrected chi connectivity index (χ1v) is 7.01. The van der Waals surface area contributed by atoms with Gasteiger partial charge in [-0.1, -0.05) is 32.9 Å². The molecule has 0 aliphatic rings. The summed E-state index contributed by atoms with van der Waals surface area (Å²) in [7, 11) is 0. The molecule has 0 aromatic heterocycles. The van der Waals surface area contributed by atoms with Gasteiger partial charge in [0.05, 0.1) is 6.61 Å². The standard InChI is InChI=1S/C16H21FO3/c1-4-9-20-16(19)14(17)15(18)13-10-11(5-2)7-8-12(13)6-3/h7-8,10,14H,4-6,9H2,1-3H3. The van der Waals surface area contributed by atoms with Crippen LogP contribution in [0.2, 0.25) is 0 Å². The number of hydrogen-bond acceptors (Lipinski definition) is 3. The van der Waals surface area contributed by atoms with E-state index in [1.54, 1.807) is 6.07 Å². The summed E-state index contributed by atoms with van der Waals surface area (Å²) in [6, 6.07) is 5.40. The van der Waals surface area contributed by atoms with Crippen molar-refractivity contribution in [2.75, 3.05) is 6.61 Å². The summed E-state index contributed by atoms with van der Waals surface area (Å²) >= 11 is 0. The quantitative estimate of drug-likeness (QED) is 0.437. The molecule has 0 fully saturated rings. The molecule has 1 aromatic carbocycles. The molecule has 0 N–H and O–H groups in total. The van der Waals surface area contributed by atoms with Gasteiger partial charge in [-0.2, -0.15) is 0 Å². The summed E-state index contributed by atoms with van der Waals surface area (Å²) in [6.45, 7) is 5.78. The van der Waals surface area contributed by atoms with Crippen LogP contribution >= 0.6 is 0 Å². The molecule has 3 nitrogen and oxygen atoms in total. The Morgan fingerprint density at radius 1 is 1.20 bits per heavy atom. The lowest BCUT2D eigenvalue weighted by molar-refractivity contribution is -0.147. The van der Waals surface area contributed by atoms with Gasteiger partial charge in [-0.3, -0.25) is 4.79 Å². The van der Waals surface area contributed by atoms with Crippen LogP contribution in [0.1, 0.15) is 48.7 Å². The third kappa shape index (κ3) is 3.89. The maximum absolute atomic E-state index is 13.9. The molecule has 0 amide bonds. The Kier molecular flexibility index (Phi) is 6.36. The molecule has 1 unspecified atom stereocenters. The number of benzene rings is 1. The zero-order valence-electron chi connectivity index (χ0n) is 12.2. The smallest absolute Gasteiger partial charge is 0.349 e. The van der Waals surface area contributed by atoms with Gasteiger partial charge < -0.3 is 4.74 Å². The minimum Gasteiger partial charge on any atom is -0.463 e. The number of carbonyl (C=O) groups excluding carboxylic acids is 2. The largest absolute Gasteiger partial charge is 0.463 e. The number of aryl methyl sites for hydroxylation is 2. The van der Waals surface area contributed by atoms with Crippen LogP contribution in [0.4, 0.5) is 4.39 Å². The van der Waals surface area contributed by atoms with Crippen LogP contribution in [0.3, 0.4) is 0 Å². The van der Waals surface area contributed by atoms with Crippen molar-refractivity contribution in [2.24, 2.45) is 0 Å². The predicted molar refractivity (Wildman–Crippen MR) is 75.7 cm³/mol. The van der Waals surface area contributed by atoms with E-state index in [1.165, 1.54) is 0 Å². The second-order valence-electron chi connectivity index (χ2n) is 4.59. The van der Waals surface area contributed by atoms with Crippen molar-refractivity contribution in [3.8, 4) is 0 Å². The van der Waals surface area contributed by atoms with Crippen LogP contribution in [-0.4, -0.2) is 24.5 Å². The second kappa shape index (κ2) is 7.78. The Balaban J connectivity index is 2.97. The van der Waals surface area contributed by atoms with Crippen molar-refractivity contribution >= 4 is 11.8 Å². The van der Waals surface area contributed by atoms with E-state index < -0.39 is 17.9 Å². The summed E-state index contributed by atoms with van der Waals surface area (Å²) in [5.74, 6) is -1.90. The number of rotatable bonds is 7. The molecule has 20 heavy (non-hydrogen) atoms. The van der Waals surface area contributed by atoms with Crippen molar-refractivity contribution < 1.29 is 18.7 Å². The van der Waals surface area contributed by atoms with Gasteiger partial charge in [-0.25, -0.2) is 9.18 Å². The number of esters is 1. The summed E-state index contributed by atoms with van der Waals surface area (Å²) in [4.78, 5) is 23.6. The Bertz CT molecular complexity index is 483. The van der Waals surface area contributed by atoms with Gasteiger partial charge in [-0.15, -0.1) is 0 Å². The molecule has 0 radical (unpaired) electrons. The summed E-state index contributed by atoms with van der Waals surface area (Å²) < 4.78 is 18.6. The fourth-order valence-electron chi connectivity index (χ4n) is 1.90. The van der Waals surface area contributed by atoms with Crippen molar-refractivity contribution in [2.45, 2.75) is 46.2 Å². The minimum absolute atomic E-state index is 0.127. The zero-order chi connectivity index (χ0) is 15.1. The van der Waals surface area contributed by atoms with Crippen LogP contribution in [0, 0.1) is 0 Å². The molecule has 1 rings (SSSR count). The van der Waals surface area contributed by atoms with Crippen molar-refractivity contribution in [3.63, 3.8) is 0 Å². The lowest BCUT2D eigenvalue weighted by Gasteiger charge is -2.12. The number of alkyl halides is 1. The molecule has 0 bridgehead atoms. The molecule has 0 saturated carbocycles. The van der Waals surface area contributed by atoms with Crippen molar-refractivity contribution in [1.29, 1.82) is 0 Å². The fourth-order valence-corrected chi connectivity index (χ4v) is 1.90. The van der Waals surface area contributed by atoms with Gasteiger partial charge in [0.1, 0.15) is 0 Å². The monoisotopic (exact) mass is 280 g/mol. The van der Waals surface area contributed by atoms with E-state index in [0.717, 1.165) is 17.5 Å². The number of carbonyl (C=O) groups is 2. The van der Waals surface area contributed by atoms with E-state index >= 15 is 0 Å². The maximum atomic E-state index is 13.9. The first kappa shape index (κ1) is 16.3. The summed E-state index contributed by atoms with van der Waals surface area (Å²) in [6.07, 6.45) is -0.277. The average molecular weight is 280 g/mol. The predicted octanol–water partition coefficient (Wildman–Crippen LogP) is 3.29. The molecule has 0 spiro atoms. The lowest BCUT2D eigenvalue weighted by atomic mass is 9.96. The molecule has 4 heteroatoms. The molecule has 0 aliphatic heterocycles. The highest BCUT2D eigenvalue weighted by Gasteiger charge is 2.30. The Morgan fingerprint density at radius 3 is 2.45 bits per heavy atom. The number of Topliss-reactive ketones (excluding diaryl/α,β-unsaturated/α-hetero) is 1. The number of ether oxygens (including phenoxy) is 1. The van der Waals surface area contributed by atoms with E-state index in [9.17, 15) is 14.0 Å². The highest BCUT2D eigenvalue weighted by atomic mass is 19.1. The third-order valence-corrected chi connectivity index (χ3v) is 3.11. The van der Waals surface area contributed by atoms with E-state index in [-0.39, 0.29) is 12.2 Å². The molecule has 1 aromatic rings. The van der Waals surface area contributed by atoms with Crippen LogP contribution in [-0.2, 0) is 22.4 Å². The number of ketones is 1.